The molecule has 5 heteroatoms. The van der Waals surface area contributed by atoms with Crippen molar-refractivity contribution in [3.8, 4) is 0 Å². The number of carboxylic acid groups (broad SMARTS) is 1. The van der Waals surface area contributed by atoms with Crippen molar-refractivity contribution < 1.29 is 9.90 Å². The molecule has 0 amide bonds. The smallest absolute Gasteiger partial charge is 0.337 e. The number of rotatable bonds is 3. The molecule has 1 saturated carbocycles. The van der Waals surface area contributed by atoms with Gasteiger partial charge in [-0.05, 0) is 52.7 Å². The maximum atomic E-state index is 11.1. The molecule has 0 aliphatic heterocycles. The average molecular weight is 327 g/mol. The molecule has 1 aromatic rings. The molecule has 3 unspecified atom stereocenters. The Morgan fingerprint density at radius 3 is 2.63 bits per heavy atom. The molecule has 0 bridgehead atoms. The van der Waals surface area contributed by atoms with E-state index >= 15 is 0 Å². The summed E-state index contributed by atoms with van der Waals surface area (Å²) in [5.41, 5.74) is 6.93. The number of nitrogen functional groups attached to an aromatic ring is 1. The van der Waals surface area contributed by atoms with E-state index in [2.05, 4.69) is 35.1 Å². The number of benzene rings is 1. The lowest BCUT2D eigenvalue weighted by atomic mass is 9.97. The lowest BCUT2D eigenvalue weighted by Crippen LogP contribution is -2.24. The van der Waals surface area contributed by atoms with Crippen LogP contribution in [0, 0.1) is 11.8 Å². The van der Waals surface area contributed by atoms with Crippen LogP contribution >= 0.6 is 15.9 Å². The van der Waals surface area contributed by atoms with E-state index < -0.39 is 5.97 Å². The Labute approximate surface area is 121 Å². The summed E-state index contributed by atoms with van der Waals surface area (Å²) in [6.45, 7) is 4.49. The SMILES string of the molecule is CC1CCC(Nc2cc(C(=O)O)c(N)cc2Br)C1C. The monoisotopic (exact) mass is 326 g/mol. The number of halogens is 1. The third-order valence-corrected chi connectivity index (χ3v) is 4.83. The second kappa shape index (κ2) is 5.41. The number of hydrogen-bond acceptors (Lipinski definition) is 3. The quantitative estimate of drug-likeness (QED) is 0.742. The van der Waals surface area contributed by atoms with Crippen molar-refractivity contribution in [1.82, 2.24) is 0 Å². The first-order chi connectivity index (χ1) is 8.90. The summed E-state index contributed by atoms with van der Waals surface area (Å²) in [7, 11) is 0. The van der Waals surface area contributed by atoms with Crippen molar-refractivity contribution in [3.05, 3.63) is 22.2 Å². The third-order valence-electron chi connectivity index (χ3n) is 4.18. The zero-order valence-electron chi connectivity index (χ0n) is 11.1. The van der Waals surface area contributed by atoms with Gasteiger partial charge in [0.15, 0.2) is 0 Å². The molecular formula is C14H19BrN2O2. The maximum absolute atomic E-state index is 11.1. The Bertz CT molecular complexity index is 504. The minimum Gasteiger partial charge on any atom is -0.478 e. The van der Waals surface area contributed by atoms with Crippen LogP contribution in [0.3, 0.4) is 0 Å². The second-order valence-corrected chi connectivity index (χ2v) is 6.24. The van der Waals surface area contributed by atoms with Crippen molar-refractivity contribution in [1.29, 1.82) is 0 Å². The fourth-order valence-electron chi connectivity index (χ4n) is 2.65. The molecule has 0 heterocycles. The van der Waals surface area contributed by atoms with Gasteiger partial charge in [0, 0.05) is 21.9 Å². The Hall–Kier alpha value is -1.23. The van der Waals surface area contributed by atoms with Crippen molar-refractivity contribution in [3.63, 3.8) is 0 Å². The summed E-state index contributed by atoms with van der Waals surface area (Å²) in [4.78, 5) is 11.1. The maximum Gasteiger partial charge on any atom is 0.337 e. The largest absolute Gasteiger partial charge is 0.478 e. The van der Waals surface area contributed by atoms with E-state index in [0.29, 0.717) is 17.9 Å². The van der Waals surface area contributed by atoms with Gasteiger partial charge in [0.25, 0.3) is 0 Å². The molecule has 0 radical (unpaired) electrons. The number of nitrogens with one attached hydrogen (secondary N) is 1. The summed E-state index contributed by atoms with van der Waals surface area (Å²) in [5, 5.41) is 12.6. The fourth-order valence-corrected chi connectivity index (χ4v) is 3.13. The van der Waals surface area contributed by atoms with Crippen molar-refractivity contribution in [2.45, 2.75) is 32.7 Å². The van der Waals surface area contributed by atoms with E-state index in [4.69, 9.17) is 10.8 Å². The van der Waals surface area contributed by atoms with Gasteiger partial charge in [-0.2, -0.15) is 0 Å². The molecule has 0 saturated heterocycles. The molecule has 0 aromatic heterocycles. The molecular weight excluding hydrogens is 308 g/mol. The zero-order chi connectivity index (χ0) is 14.2. The van der Waals surface area contributed by atoms with Gasteiger partial charge in [0.05, 0.1) is 5.56 Å². The zero-order valence-corrected chi connectivity index (χ0v) is 12.7. The van der Waals surface area contributed by atoms with Gasteiger partial charge in [0.2, 0.25) is 0 Å². The number of anilines is 2. The predicted octanol–water partition coefficient (Wildman–Crippen LogP) is 3.58. The summed E-state index contributed by atoms with van der Waals surface area (Å²) in [6, 6.07) is 3.64. The van der Waals surface area contributed by atoms with Crippen LogP contribution in [0.15, 0.2) is 16.6 Å². The van der Waals surface area contributed by atoms with E-state index in [0.717, 1.165) is 16.6 Å². The first-order valence-electron chi connectivity index (χ1n) is 6.49. The van der Waals surface area contributed by atoms with Crippen LogP contribution in [0.25, 0.3) is 0 Å². The number of nitrogens with two attached hydrogens (primary N) is 1. The molecule has 3 atom stereocenters. The van der Waals surface area contributed by atoms with Gasteiger partial charge in [-0.25, -0.2) is 4.79 Å². The van der Waals surface area contributed by atoms with Gasteiger partial charge >= 0.3 is 5.97 Å². The first-order valence-corrected chi connectivity index (χ1v) is 7.28. The Kier molecular flexibility index (Phi) is 4.04. The molecule has 1 aliphatic carbocycles. The fraction of sp³-hybridized carbons (Fsp3) is 0.500. The molecule has 19 heavy (non-hydrogen) atoms. The van der Waals surface area contributed by atoms with E-state index in [1.165, 1.54) is 6.42 Å². The number of carbonyl (C=O) groups is 1. The molecule has 1 fully saturated rings. The predicted molar refractivity (Wildman–Crippen MR) is 80.5 cm³/mol. The Balaban J connectivity index is 2.25. The highest BCUT2D eigenvalue weighted by Crippen LogP contribution is 2.36. The first kappa shape index (κ1) is 14.2. The van der Waals surface area contributed by atoms with E-state index in [9.17, 15) is 4.79 Å². The standard InChI is InChI=1S/C14H19BrN2O2/c1-7-3-4-12(8(7)2)17-13-5-9(14(18)19)11(16)6-10(13)15/h5-8,12,17H,3-4,16H2,1-2H3,(H,18,19). The van der Waals surface area contributed by atoms with Gasteiger partial charge < -0.3 is 16.2 Å². The molecule has 104 valence electrons. The molecule has 1 aliphatic rings. The molecule has 2 rings (SSSR count). The number of carboxylic acids is 1. The highest BCUT2D eigenvalue weighted by Gasteiger charge is 2.30. The Morgan fingerprint density at radius 2 is 2.11 bits per heavy atom. The molecule has 4 N–H and O–H groups in total. The van der Waals surface area contributed by atoms with Crippen LogP contribution < -0.4 is 11.1 Å². The van der Waals surface area contributed by atoms with Crippen molar-refractivity contribution >= 4 is 33.3 Å². The van der Waals surface area contributed by atoms with Crippen LogP contribution in [0.4, 0.5) is 11.4 Å². The second-order valence-electron chi connectivity index (χ2n) is 5.39. The van der Waals surface area contributed by atoms with Crippen LogP contribution in [-0.2, 0) is 0 Å². The number of hydrogen-bond donors (Lipinski definition) is 3. The van der Waals surface area contributed by atoms with Crippen LogP contribution in [0.2, 0.25) is 0 Å². The molecule has 0 spiro atoms. The Morgan fingerprint density at radius 1 is 1.42 bits per heavy atom. The summed E-state index contributed by atoms with van der Waals surface area (Å²) < 4.78 is 0.807. The van der Waals surface area contributed by atoms with Crippen LogP contribution in [0.5, 0.6) is 0 Å². The highest BCUT2D eigenvalue weighted by molar-refractivity contribution is 9.10. The van der Waals surface area contributed by atoms with Crippen LogP contribution in [0.1, 0.15) is 37.0 Å². The number of aromatic carboxylic acids is 1. The van der Waals surface area contributed by atoms with Gasteiger partial charge in [0.1, 0.15) is 0 Å². The topological polar surface area (TPSA) is 75.3 Å². The van der Waals surface area contributed by atoms with E-state index in [1.54, 1.807) is 12.1 Å². The van der Waals surface area contributed by atoms with Gasteiger partial charge in [-0.3, -0.25) is 0 Å². The summed E-state index contributed by atoms with van der Waals surface area (Å²) >= 11 is 3.44. The van der Waals surface area contributed by atoms with Gasteiger partial charge in [-0.15, -0.1) is 0 Å². The summed E-state index contributed by atoms with van der Waals surface area (Å²) in [6.07, 6.45) is 2.32. The highest BCUT2D eigenvalue weighted by atomic mass is 79.9. The minimum atomic E-state index is -0.999. The van der Waals surface area contributed by atoms with E-state index in [-0.39, 0.29) is 11.3 Å². The normalized spacial score (nSPS) is 26.4. The summed E-state index contributed by atoms with van der Waals surface area (Å²) in [5.74, 6) is 0.280. The molecule has 1 aromatic carbocycles. The van der Waals surface area contributed by atoms with E-state index in [1.807, 2.05) is 0 Å². The van der Waals surface area contributed by atoms with Crippen LogP contribution in [-0.4, -0.2) is 17.1 Å². The minimum absolute atomic E-state index is 0.143. The lowest BCUT2D eigenvalue weighted by Gasteiger charge is -2.22. The van der Waals surface area contributed by atoms with Crippen molar-refractivity contribution in [2.24, 2.45) is 11.8 Å². The van der Waals surface area contributed by atoms with Crippen molar-refractivity contribution in [2.75, 3.05) is 11.1 Å². The molecule has 4 nitrogen and oxygen atoms in total. The average Bonchev–Trinajstić information content (AvgIpc) is 2.64. The lowest BCUT2D eigenvalue weighted by molar-refractivity contribution is 0.0698. The van der Waals surface area contributed by atoms with Gasteiger partial charge in [-0.1, -0.05) is 13.8 Å². The third kappa shape index (κ3) is 2.86.